The van der Waals surface area contributed by atoms with E-state index in [4.69, 9.17) is 21.7 Å². The fourth-order valence-corrected chi connectivity index (χ4v) is 2.06. The van der Waals surface area contributed by atoms with Crippen LogP contribution in [0.25, 0.3) is 0 Å². The van der Waals surface area contributed by atoms with Crippen LogP contribution in [-0.4, -0.2) is 36.1 Å². The molecule has 0 heterocycles. The first-order valence-corrected chi connectivity index (χ1v) is 9.16. The molecule has 0 aliphatic heterocycles. The molecule has 0 aliphatic rings. The van der Waals surface area contributed by atoms with Gasteiger partial charge in [-0.05, 0) is 37.2 Å². The van der Waals surface area contributed by atoms with Crippen LogP contribution in [0, 0.1) is 0 Å². The summed E-state index contributed by atoms with van der Waals surface area (Å²) in [6.45, 7) is 4.67. The van der Waals surface area contributed by atoms with Crippen molar-refractivity contribution in [3.05, 3.63) is 29.8 Å². The fraction of sp³-hybridized carbons (Fsp3) is 0.444. The number of para-hydroxylation sites is 1. The van der Waals surface area contributed by atoms with Gasteiger partial charge >= 0.3 is 5.97 Å². The van der Waals surface area contributed by atoms with Gasteiger partial charge in [-0.2, -0.15) is 0 Å². The summed E-state index contributed by atoms with van der Waals surface area (Å²) >= 11 is 4.95. The monoisotopic (exact) mass is 395 g/mol. The molecule has 148 valence electrons. The number of nitrogens with one attached hydrogen (secondary N) is 3. The van der Waals surface area contributed by atoms with E-state index in [9.17, 15) is 14.4 Å². The maximum absolute atomic E-state index is 12.2. The van der Waals surface area contributed by atoms with Gasteiger partial charge in [0.1, 0.15) is 5.75 Å². The molecule has 0 atom stereocenters. The molecule has 0 spiro atoms. The van der Waals surface area contributed by atoms with Crippen LogP contribution >= 0.6 is 12.2 Å². The van der Waals surface area contributed by atoms with E-state index in [1.807, 2.05) is 13.8 Å². The molecule has 1 aromatic rings. The zero-order chi connectivity index (χ0) is 20.1. The molecule has 8 nitrogen and oxygen atoms in total. The van der Waals surface area contributed by atoms with Gasteiger partial charge in [0.25, 0.3) is 5.91 Å². The van der Waals surface area contributed by atoms with Gasteiger partial charge in [0.05, 0.1) is 25.2 Å². The number of hydrogen-bond donors (Lipinski definition) is 3. The zero-order valence-electron chi connectivity index (χ0n) is 15.5. The van der Waals surface area contributed by atoms with Crippen LogP contribution in [0.5, 0.6) is 5.75 Å². The van der Waals surface area contributed by atoms with Crippen LogP contribution in [0.3, 0.4) is 0 Å². The van der Waals surface area contributed by atoms with E-state index >= 15 is 0 Å². The predicted octanol–water partition coefficient (Wildman–Crippen LogP) is 1.84. The minimum atomic E-state index is -0.457. The van der Waals surface area contributed by atoms with E-state index in [2.05, 4.69) is 16.2 Å². The molecule has 2 amide bonds. The Labute approximate surface area is 164 Å². The summed E-state index contributed by atoms with van der Waals surface area (Å²) in [7, 11) is 0. The van der Waals surface area contributed by atoms with Crippen LogP contribution in [0.2, 0.25) is 0 Å². The lowest BCUT2D eigenvalue weighted by Crippen LogP contribution is -2.48. The number of hydrogen-bond acceptors (Lipinski definition) is 6. The number of thiocarbonyl (C=S) groups is 1. The second kappa shape index (κ2) is 12.6. The van der Waals surface area contributed by atoms with Crippen molar-refractivity contribution in [2.75, 3.05) is 13.2 Å². The van der Waals surface area contributed by atoms with Gasteiger partial charge in [0.2, 0.25) is 5.91 Å². The van der Waals surface area contributed by atoms with E-state index in [1.165, 1.54) is 0 Å². The molecule has 1 rings (SSSR count). The van der Waals surface area contributed by atoms with Gasteiger partial charge in [0.15, 0.2) is 5.11 Å². The third-order valence-corrected chi connectivity index (χ3v) is 3.36. The van der Waals surface area contributed by atoms with Gasteiger partial charge in [-0.1, -0.05) is 26.0 Å². The Balaban J connectivity index is 2.40. The first-order valence-electron chi connectivity index (χ1n) is 8.75. The van der Waals surface area contributed by atoms with Gasteiger partial charge in [-0.25, -0.2) is 0 Å². The van der Waals surface area contributed by atoms with Crippen LogP contribution in [0.4, 0.5) is 0 Å². The minimum Gasteiger partial charge on any atom is -0.493 e. The number of benzene rings is 1. The number of hydrazine groups is 1. The molecule has 1 aromatic carbocycles. The maximum atomic E-state index is 12.2. The standard InChI is InChI=1S/C18H25N3O5S/c1-3-11-25-14-8-6-5-7-13(14)17(24)20-21-18(27)19-15(22)9-10-16(23)26-12-4-2/h5-8H,3-4,9-12H2,1-2H3,(H,20,24)(H2,19,21,22,27). The normalized spacial score (nSPS) is 9.85. The van der Waals surface area contributed by atoms with Gasteiger partial charge in [-0.3, -0.25) is 25.2 Å². The van der Waals surface area contributed by atoms with E-state index in [1.54, 1.807) is 24.3 Å². The Morgan fingerprint density at radius 3 is 2.41 bits per heavy atom. The highest BCUT2D eigenvalue weighted by Gasteiger charge is 2.13. The summed E-state index contributed by atoms with van der Waals surface area (Å²) < 4.78 is 10.4. The molecule has 0 saturated carbocycles. The van der Waals surface area contributed by atoms with E-state index < -0.39 is 17.8 Å². The number of rotatable bonds is 9. The molecule has 9 heteroatoms. The Morgan fingerprint density at radius 2 is 1.70 bits per heavy atom. The molecule has 0 aromatic heterocycles. The zero-order valence-corrected chi connectivity index (χ0v) is 16.3. The van der Waals surface area contributed by atoms with Crippen LogP contribution < -0.4 is 20.9 Å². The van der Waals surface area contributed by atoms with Crippen molar-refractivity contribution in [1.29, 1.82) is 0 Å². The summed E-state index contributed by atoms with van der Waals surface area (Å²) in [4.78, 5) is 35.3. The Bertz CT molecular complexity index is 666. The molecule has 0 aliphatic carbocycles. The molecule has 0 saturated heterocycles. The lowest BCUT2D eigenvalue weighted by Gasteiger charge is -2.13. The summed E-state index contributed by atoms with van der Waals surface area (Å²) in [6, 6.07) is 6.80. The van der Waals surface area contributed by atoms with Gasteiger partial charge in [0, 0.05) is 6.42 Å². The van der Waals surface area contributed by atoms with E-state index in [0.29, 0.717) is 24.5 Å². The van der Waals surface area contributed by atoms with Crippen molar-refractivity contribution < 1.29 is 23.9 Å². The molecule has 3 N–H and O–H groups in total. The molecule has 0 bridgehead atoms. The number of carbonyl (C=O) groups excluding carboxylic acids is 3. The number of ether oxygens (including phenoxy) is 2. The number of amides is 2. The highest BCUT2D eigenvalue weighted by molar-refractivity contribution is 7.80. The molecule has 27 heavy (non-hydrogen) atoms. The summed E-state index contributed by atoms with van der Waals surface area (Å²) in [5.41, 5.74) is 5.18. The Morgan fingerprint density at radius 1 is 1.00 bits per heavy atom. The average molecular weight is 395 g/mol. The Hall–Kier alpha value is -2.68. The first-order chi connectivity index (χ1) is 13.0. The van der Waals surface area contributed by atoms with Crippen molar-refractivity contribution in [3.8, 4) is 5.75 Å². The van der Waals surface area contributed by atoms with Crippen molar-refractivity contribution in [2.24, 2.45) is 0 Å². The topological polar surface area (TPSA) is 106 Å². The third kappa shape index (κ3) is 9.00. The lowest BCUT2D eigenvalue weighted by atomic mass is 10.2. The second-order valence-electron chi connectivity index (χ2n) is 5.52. The summed E-state index contributed by atoms with van der Waals surface area (Å²) in [5, 5.41) is 2.29. The highest BCUT2D eigenvalue weighted by atomic mass is 32.1. The third-order valence-electron chi connectivity index (χ3n) is 3.16. The van der Waals surface area contributed by atoms with Crippen molar-refractivity contribution in [3.63, 3.8) is 0 Å². The smallest absolute Gasteiger partial charge is 0.306 e. The number of carbonyl (C=O) groups is 3. The van der Waals surface area contributed by atoms with E-state index in [-0.39, 0.29) is 18.0 Å². The van der Waals surface area contributed by atoms with Gasteiger partial charge in [-0.15, -0.1) is 0 Å². The summed E-state index contributed by atoms with van der Waals surface area (Å²) in [5.74, 6) is -0.898. The second-order valence-corrected chi connectivity index (χ2v) is 5.93. The maximum Gasteiger partial charge on any atom is 0.306 e. The largest absolute Gasteiger partial charge is 0.493 e. The van der Waals surface area contributed by atoms with E-state index in [0.717, 1.165) is 12.8 Å². The molecular formula is C18H25N3O5S. The van der Waals surface area contributed by atoms with Crippen LogP contribution in [-0.2, 0) is 14.3 Å². The average Bonchev–Trinajstić information content (AvgIpc) is 2.67. The van der Waals surface area contributed by atoms with Crippen molar-refractivity contribution in [2.45, 2.75) is 39.5 Å². The highest BCUT2D eigenvalue weighted by Crippen LogP contribution is 2.17. The first kappa shape index (κ1) is 22.4. The quantitative estimate of drug-likeness (QED) is 0.333. The number of esters is 1. The molecule has 0 radical (unpaired) electrons. The van der Waals surface area contributed by atoms with Crippen LogP contribution in [0.1, 0.15) is 49.9 Å². The van der Waals surface area contributed by atoms with Gasteiger partial charge < -0.3 is 14.8 Å². The molecule has 0 unspecified atom stereocenters. The molecule has 0 fully saturated rings. The Kier molecular flexibility index (Phi) is 10.5. The van der Waals surface area contributed by atoms with Crippen LogP contribution in [0.15, 0.2) is 24.3 Å². The minimum absolute atomic E-state index is 0.0387. The lowest BCUT2D eigenvalue weighted by molar-refractivity contribution is -0.144. The van der Waals surface area contributed by atoms with Crippen molar-refractivity contribution >= 4 is 35.1 Å². The summed E-state index contributed by atoms with van der Waals surface area (Å²) in [6.07, 6.45) is 1.43. The molecular weight excluding hydrogens is 370 g/mol. The predicted molar refractivity (Wildman–Crippen MR) is 104 cm³/mol. The van der Waals surface area contributed by atoms with Crippen molar-refractivity contribution in [1.82, 2.24) is 16.2 Å². The fourth-order valence-electron chi connectivity index (χ4n) is 1.90. The SMILES string of the molecule is CCCOC(=O)CCC(=O)NC(=S)NNC(=O)c1ccccc1OCCC.